The summed E-state index contributed by atoms with van der Waals surface area (Å²) in [7, 11) is 0. The van der Waals surface area contributed by atoms with Crippen LogP contribution in [-0.4, -0.2) is 9.13 Å². The lowest BCUT2D eigenvalue weighted by Gasteiger charge is -2.10. The molecule has 0 aliphatic rings. The summed E-state index contributed by atoms with van der Waals surface area (Å²) >= 11 is 0. The summed E-state index contributed by atoms with van der Waals surface area (Å²) in [5, 5.41) is 14.8. The van der Waals surface area contributed by atoms with Crippen LogP contribution >= 0.6 is 0 Å². The van der Waals surface area contributed by atoms with Gasteiger partial charge in [0.1, 0.15) is 0 Å². The van der Waals surface area contributed by atoms with Crippen LogP contribution in [0.1, 0.15) is 5.56 Å². The molecule has 2 aromatic heterocycles. The van der Waals surface area contributed by atoms with Crippen LogP contribution in [0, 0.1) is 11.3 Å². The largest absolute Gasteiger partial charge is 0.309 e. The lowest BCUT2D eigenvalue weighted by molar-refractivity contribution is 1.18. The maximum Gasteiger partial charge on any atom is 0.0992 e. The molecule has 0 amide bonds. The van der Waals surface area contributed by atoms with Crippen LogP contribution in [0.15, 0.2) is 140 Å². The zero-order chi connectivity index (χ0) is 26.6. The number of rotatable bonds is 3. The summed E-state index contributed by atoms with van der Waals surface area (Å²) in [6.45, 7) is 0. The molecule has 3 heteroatoms. The van der Waals surface area contributed by atoms with Gasteiger partial charge in [-0.25, -0.2) is 0 Å². The highest BCUT2D eigenvalue weighted by Gasteiger charge is 2.19. The molecule has 0 unspecified atom stereocenters. The van der Waals surface area contributed by atoms with Crippen LogP contribution in [-0.2, 0) is 0 Å². The van der Waals surface area contributed by atoms with Crippen LogP contribution in [0.25, 0.3) is 66.1 Å². The zero-order valence-electron chi connectivity index (χ0n) is 21.6. The lowest BCUT2D eigenvalue weighted by Crippen LogP contribution is -1.94. The van der Waals surface area contributed by atoms with Crippen LogP contribution in [0.4, 0.5) is 0 Å². The van der Waals surface area contributed by atoms with Crippen molar-refractivity contribution in [2.24, 2.45) is 0 Å². The average Bonchev–Trinajstić information content (AvgIpc) is 3.54. The van der Waals surface area contributed by atoms with E-state index in [0.29, 0.717) is 5.56 Å². The maximum atomic E-state index is 10.1. The predicted octanol–water partition coefficient (Wildman–Crippen LogP) is 9.42. The molecule has 0 aliphatic carbocycles. The van der Waals surface area contributed by atoms with E-state index in [-0.39, 0.29) is 0 Å². The monoisotopic (exact) mass is 509 g/mol. The van der Waals surface area contributed by atoms with Gasteiger partial charge in [-0.3, -0.25) is 0 Å². The Morgan fingerprint density at radius 3 is 1.68 bits per heavy atom. The van der Waals surface area contributed by atoms with Crippen molar-refractivity contribution in [1.29, 1.82) is 5.26 Å². The summed E-state index contributed by atoms with van der Waals surface area (Å²) in [5.41, 5.74) is 9.54. The standard InChI is InChI=1S/C37H23N3/c38-24-25-21-31(37-30-16-8-10-18-34(30)40(36(37)22-25)28-13-5-2-6-14-28)26-19-20-35-32(23-26)29-15-7-9-17-33(29)39(35)27-11-3-1-4-12-27/h1-23H. The summed E-state index contributed by atoms with van der Waals surface area (Å²) in [5.74, 6) is 0. The van der Waals surface area contributed by atoms with Gasteiger partial charge in [-0.15, -0.1) is 0 Å². The van der Waals surface area contributed by atoms with Crippen LogP contribution in [0.2, 0.25) is 0 Å². The molecule has 0 radical (unpaired) electrons. The van der Waals surface area contributed by atoms with Gasteiger partial charge in [-0.2, -0.15) is 5.26 Å². The van der Waals surface area contributed by atoms with Crippen LogP contribution < -0.4 is 0 Å². The molecular weight excluding hydrogens is 486 g/mol. The van der Waals surface area contributed by atoms with Gasteiger partial charge < -0.3 is 9.13 Å². The number of nitriles is 1. The SMILES string of the molecule is N#Cc1cc(-c2ccc3c(c2)c2ccccc2n3-c2ccccc2)c2c3ccccc3n(-c3ccccc3)c2c1. The van der Waals surface area contributed by atoms with Crippen molar-refractivity contribution in [3.63, 3.8) is 0 Å². The predicted molar refractivity (Wildman–Crippen MR) is 165 cm³/mol. The number of hydrogen-bond acceptors (Lipinski definition) is 1. The Kier molecular flexibility index (Phi) is 4.89. The third-order valence-corrected chi connectivity index (χ3v) is 7.91. The maximum absolute atomic E-state index is 10.1. The second-order valence-corrected chi connectivity index (χ2v) is 10.1. The van der Waals surface area contributed by atoms with E-state index in [4.69, 9.17) is 0 Å². The molecule has 3 nitrogen and oxygen atoms in total. The first kappa shape index (κ1) is 22.4. The number of fused-ring (bicyclic) bond motifs is 6. The van der Waals surface area contributed by atoms with Crippen molar-refractivity contribution < 1.29 is 0 Å². The van der Waals surface area contributed by atoms with Crippen molar-refractivity contribution in [2.45, 2.75) is 0 Å². The molecule has 0 spiro atoms. The van der Waals surface area contributed by atoms with Gasteiger partial charge >= 0.3 is 0 Å². The molecule has 40 heavy (non-hydrogen) atoms. The number of hydrogen-bond donors (Lipinski definition) is 0. The first-order valence-corrected chi connectivity index (χ1v) is 13.4. The number of para-hydroxylation sites is 4. The highest BCUT2D eigenvalue weighted by Crippen LogP contribution is 2.41. The molecule has 2 heterocycles. The Bertz CT molecular complexity index is 2260. The fourth-order valence-electron chi connectivity index (χ4n) is 6.24. The normalized spacial score (nSPS) is 11.5. The number of aromatic nitrogens is 2. The van der Waals surface area contributed by atoms with E-state index >= 15 is 0 Å². The topological polar surface area (TPSA) is 33.6 Å². The van der Waals surface area contributed by atoms with Crippen molar-refractivity contribution >= 4 is 43.6 Å². The lowest BCUT2D eigenvalue weighted by atomic mass is 9.96. The van der Waals surface area contributed by atoms with Gasteiger partial charge in [0.2, 0.25) is 0 Å². The second-order valence-electron chi connectivity index (χ2n) is 10.1. The van der Waals surface area contributed by atoms with Gasteiger partial charge in [-0.05, 0) is 71.8 Å². The van der Waals surface area contributed by atoms with Crippen molar-refractivity contribution in [2.75, 3.05) is 0 Å². The molecule has 0 bridgehead atoms. The Hall–Kier alpha value is -5.59. The van der Waals surface area contributed by atoms with Gasteiger partial charge in [0, 0.05) is 32.9 Å². The fourth-order valence-corrected chi connectivity index (χ4v) is 6.24. The Morgan fingerprint density at radius 2 is 1.00 bits per heavy atom. The van der Waals surface area contributed by atoms with Crippen molar-refractivity contribution in [1.82, 2.24) is 9.13 Å². The van der Waals surface area contributed by atoms with Crippen molar-refractivity contribution in [3.8, 4) is 28.6 Å². The second kappa shape index (κ2) is 8.73. The van der Waals surface area contributed by atoms with E-state index < -0.39 is 0 Å². The molecule has 0 aliphatic heterocycles. The van der Waals surface area contributed by atoms with Crippen LogP contribution in [0.3, 0.4) is 0 Å². The first-order chi connectivity index (χ1) is 19.8. The third-order valence-electron chi connectivity index (χ3n) is 7.91. The molecule has 186 valence electrons. The molecule has 0 atom stereocenters. The van der Waals surface area contributed by atoms with Gasteiger partial charge in [0.05, 0.1) is 33.7 Å². The highest BCUT2D eigenvalue weighted by atomic mass is 15.0. The molecule has 0 saturated carbocycles. The molecule has 0 N–H and O–H groups in total. The Labute approximate surface area is 231 Å². The smallest absolute Gasteiger partial charge is 0.0992 e. The minimum absolute atomic E-state index is 0.647. The average molecular weight is 510 g/mol. The van der Waals surface area contributed by atoms with E-state index in [9.17, 15) is 5.26 Å². The van der Waals surface area contributed by atoms with E-state index in [1.54, 1.807) is 0 Å². The van der Waals surface area contributed by atoms with Crippen LogP contribution in [0.5, 0.6) is 0 Å². The van der Waals surface area contributed by atoms with Gasteiger partial charge in [0.15, 0.2) is 0 Å². The highest BCUT2D eigenvalue weighted by molar-refractivity contribution is 6.17. The quantitative estimate of drug-likeness (QED) is 0.233. The van der Waals surface area contributed by atoms with E-state index in [2.05, 4.69) is 137 Å². The third kappa shape index (κ3) is 3.24. The summed E-state index contributed by atoms with van der Waals surface area (Å²) < 4.78 is 4.60. The van der Waals surface area contributed by atoms with E-state index in [0.717, 1.165) is 44.4 Å². The molecule has 0 saturated heterocycles. The molecular formula is C37H23N3. The number of benzene rings is 6. The molecule has 0 fully saturated rings. The minimum atomic E-state index is 0.647. The first-order valence-electron chi connectivity index (χ1n) is 13.4. The van der Waals surface area contributed by atoms with E-state index in [1.165, 1.54) is 21.7 Å². The molecule has 8 aromatic rings. The number of nitrogens with zero attached hydrogens (tertiary/aromatic N) is 3. The molecule has 6 aromatic carbocycles. The van der Waals surface area contributed by atoms with E-state index in [1.807, 2.05) is 18.2 Å². The Balaban J connectivity index is 1.48. The van der Waals surface area contributed by atoms with Gasteiger partial charge in [0.25, 0.3) is 0 Å². The van der Waals surface area contributed by atoms with Crippen molar-refractivity contribution in [3.05, 3.63) is 145 Å². The Morgan fingerprint density at radius 1 is 0.450 bits per heavy atom. The fraction of sp³-hybridized carbons (Fsp3) is 0. The molecule has 8 rings (SSSR count). The van der Waals surface area contributed by atoms with Gasteiger partial charge in [-0.1, -0.05) is 78.9 Å². The zero-order valence-corrected chi connectivity index (χ0v) is 21.6. The summed E-state index contributed by atoms with van der Waals surface area (Å²) in [6.07, 6.45) is 0. The minimum Gasteiger partial charge on any atom is -0.309 e. The summed E-state index contributed by atoms with van der Waals surface area (Å²) in [4.78, 5) is 0. The summed E-state index contributed by atoms with van der Waals surface area (Å²) in [6, 6.07) is 51.2.